The molecule has 0 saturated carbocycles. The van der Waals surface area contributed by atoms with E-state index >= 15 is 0 Å². The van der Waals surface area contributed by atoms with Crippen LogP contribution in [-0.4, -0.2) is 31.3 Å². The van der Waals surface area contributed by atoms with Gasteiger partial charge in [0.2, 0.25) is 0 Å². The molecule has 0 fully saturated rings. The van der Waals surface area contributed by atoms with Gasteiger partial charge in [-0.2, -0.15) is 0 Å². The Morgan fingerprint density at radius 3 is 2.84 bits per heavy atom. The van der Waals surface area contributed by atoms with E-state index in [0.717, 1.165) is 0 Å². The van der Waals surface area contributed by atoms with E-state index in [-0.39, 0.29) is 25.2 Å². The van der Waals surface area contributed by atoms with Crippen LogP contribution in [0, 0.1) is 10.1 Å². The van der Waals surface area contributed by atoms with Crippen LogP contribution in [0.25, 0.3) is 10.8 Å². The summed E-state index contributed by atoms with van der Waals surface area (Å²) in [6, 6.07) is 9.38. The molecule has 134 valence electrons. The van der Waals surface area contributed by atoms with Crippen LogP contribution in [0.3, 0.4) is 0 Å². The van der Waals surface area contributed by atoms with E-state index < -0.39 is 30.5 Å². The zero-order chi connectivity index (χ0) is 23.4. The highest BCUT2D eigenvalue weighted by Crippen LogP contribution is 2.25. The van der Waals surface area contributed by atoms with Gasteiger partial charge in [-0.25, -0.2) is 0 Å². The summed E-state index contributed by atoms with van der Waals surface area (Å²) < 4.78 is 54.4. The molecular weight excluding hydrogens is 326 g/mol. The van der Waals surface area contributed by atoms with Crippen LogP contribution >= 0.6 is 0 Å². The number of carbonyl (C=O) groups is 1. The fourth-order valence-corrected chi connectivity index (χ4v) is 2.15. The molecule has 0 saturated heterocycles. The molecule has 25 heavy (non-hydrogen) atoms. The van der Waals surface area contributed by atoms with Crippen molar-refractivity contribution in [2.24, 2.45) is 0 Å². The number of benzene rings is 2. The molecule has 2 rings (SSSR count). The van der Waals surface area contributed by atoms with Crippen molar-refractivity contribution < 1.29 is 32.4 Å². The molecule has 0 amide bonds. The topological polar surface area (TPSA) is 87.9 Å². The number of ether oxygens (including phenoxy) is 2. The van der Waals surface area contributed by atoms with E-state index in [4.69, 9.17) is 17.7 Å². The van der Waals surface area contributed by atoms with Crippen molar-refractivity contribution >= 4 is 16.7 Å². The molecule has 1 atom stereocenters. The second kappa shape index (κ2) is 8.86. The lowest BCUT2D eigenvalue weighted by Crippen LogP contribution is -2.14. The van der Waals surface area contributed by atoms with Gasteiger partial charge in [-0.1, -0.05) is 24.3 Å². The maximum absolute atomic E-state index is 12.4. The molecule has 0 unspecified atom stereocenters. The second-order valence-electron chi connectivity index (χ2n) is 5.15. The number of hydrogen-bond acceptors (Lipinski definition) is 6. The number of carbonyl (C=O) groups excluding carboxylic acids is 1. The van der Waals surface area contributed by atoms with Crippen molar-refractivity contribution in [1.29, 1.82) is 0 Å². The zero-order valence-corrected chi connectivity index (χ0v) is 13.5. The molecule has 0 aromatic heterocycles. The first-order valence-corrected chi connectivity index (χ1v) is 7.44. The molecule has 0 spiro atoms. The first-order valence-electron chi connectivity index (χ1n) is 10.4. The highest BCUT2D eigenvalue weighted by Gasteiger charge is 2.17. The van der Waals surface area contributed by atoms with Gasteiger partial charge < -0.3 is 14.3 Å². The lowest BCUT2D eigenvalue weighted by molar-refractivity contribution is -0.757. The average Bonchev–Trinajstić information content (AvgIpc) is 2.62. The van der Waals surface area contributed by atoms with Crippen LogP contribution in [0.2, 0.25) is 0 Å². The Morgan fingerprint density at radius 1 is 1.32 bits per heavy atom. The highest BCUT2D eigenvalue weighted by molar-refractivity contribution is 5.86. The van der Waals surface area contributed by atoms with Gasteiger partial charge in [0.25, 0.3) is 5.09 Å². The third-order valence-corrected chi connectivity index (χ3v) is 3.46. The summed E-state index contributed by atoms with van der Waals surface area (Å²) >= 11 is 0. The number of methoxy groups -OCH3 is 1. The normalized spacial score (nSPS) is 17.6. The Hall–Kier alpha value is -2.83. The fourth-order valence-electron chi connectivity index (χ4n) is 2.15. The molecule has 7 nitrogen and oxygen atoms in total. The third-order valence-electron chi connectivity index (χ3n) is 3.46. The van der Waals surface area contributed by atoms with E-state index in [0.29, 0.717) is 16.3 Å². The van der Waals surface area contributed by atoms with Crippen molar-refractivity contribution in [2.45, 2.75) is 25.7 Å². The summed E-state index contributed by atoms with van der Waals surface area (Å²) in [6.45, 7) is -1.39. The lowest BCUT2D eigenvalue weighted by atomic mass is 9.98. The Balaban J connectivity index is 2.04. The van der Waals surface area contributed by atoms with Gasteiger partial charge in [-0.05, 0) is 48.2 Å². The number of fused-ring (bicyclic) bond motifs is 1. The molecule has 0 heterocycles. The highest BCUT2D eigenvalue weighted by atomic mass is 16.9. The summed E-state index contributed by atoms with van der Waals surface area (Å²) in [6.07, 6.45) is -0.404. The minimum Gasteiger partial charge on any atom is -0.497 e. The Bertz CT molecular complexity index is 962. The van der Waals surface area contributed by atoms with Gasteiger partial charge in [0.1, 0.15) is 5.75 Å². The van der Waals surface area contributed by atoms with Crippen molar-refractivity contribution in [3.05, 3.63) is 52.1 Å². The summed E-state index contributed by atoms with van der Waals surface area (Å²) in [5.74, 6) is -2.47. The second-order valence-corrected chi connectivity index (χ2v) is 5.15. The minimum atomic E-state index is -2.58. The summed E-state index contributed by atoms with van der Waals surface area (Å²) in [7, 11) is -2.58. The van der Waals surface area contributed by atoms with E-state index in [1.807, 2.05) is 0 Å². The maximum atomic E-state index is 12.4. The van der Waals surface area contributed by atoms with Crippen LogP contribution in [0.15, 0.2) is 36.4 Å². The molecule has 0 aliphatic rings. The first kappa shape index (κ1) is 11.7. The van der Waals surface area contributed by atoms with Crippen LogP contribution in [0.4, 0.5) is 0 Å². The SMILES string of the molecule is [2H]C([2H])([2H])Oc1ccc2cc([C@]([2H])(C)C(=O)OCCCC([2H])([2H])O[N+](=O)[O-])ccc2c1. The predicted octanol–water partition coefficient (Wildman–Crippen LogP) is 3.48. The van der Waals surface area contributed by atoms with Crippen LogP contribution in [-0.2, 0) is 14.4 Å². The van der Waals surface area contributed by atoms with Crippen molar-refractivity contribution in [3.8, 4) is 5.75 Å². The minimum absolute atomic E-state index is 0.0351. The Labute approximate surface area is 154 Å². The molecule has 0 aliphatic heterocycles. The number of hydrogen-bond donors (Lipinski definition) is 0. The van der Waals surface area contributed by atoms with Gasteiger partial charge in [-0.3, -0.25) is 4.79 Å². The van der Waals surface area contributed by atoms with E-state index in [2.05, 4.69) is 4.84 Å². The van der Waals surface area contributed by atoms with Crippen molar-refractivity contribution in [2.75, 3.05) is 20.2 Å². The maximum Gasteiger partial charge on any atom is 0.313 e. The molecule has 0 bridgehead atoms. The smallest absolute Gasteiger partial charge is 0.313 e. The molecule has 0 aliphatic carbocycles. The largest absolute Gasteiger partial charge is 0.497 e. The van der Waals surface area contributed by atoms with Crippen LogP contribution in [0.1, 0.15) is 39.4 Å². The first-order chi connectivity index (χ1) is 14.2. The van der Waals surface area contributed by atoms with Gasteiger partial charge in [0.15, 0.2) is 0 Å². The van der Waals surface area contributed by atoms with E-state index in [1.165, 1.54) is 19.1 Å². The Kier molecular flexibility index (Phi) is 4.14. The van der Waals surface area contributed by atoms with Crippen LogP contribution in [0.5, 0.6) is 5.75 Å². The number of esters is 1. The fraction of sp³-hybridized carbons (Fsp3) is 0.389. The van der Waals surface area contributed by atoms with Crippen molar-refractivity contribution in [3.63, 3.8) is 0 Å². The standard InChI is InChI=1S/C18H21NO6/c1-13(18(20)24-9-3-4-10-25-19(21)22)14-5-6-16-12-17(23-2)8-7-15(16)11-14/h5-8,11-13H,3-4,9-10H2,1-2H3/t13-/m0/s1/i2D3,10D2,13D. The predicted molar refractivity (Wildman–Crippen MR) is 92.1 cm³/mol. The quantitative estimate of drug-likeness (QED) is 0.297. The third kappa shape index (κ3) is 5.34. The van der Waals surface area contributed by atoms with Gasteiger partial charge in [-0.15, -0.1) is 10.1 Å². The summed E-state index contributed by atoms with van der Waals surface area (Å²) in [5.41, 5.74) is 0.335. The molecule has 0 radical (unpaired) electrons. The number of rotatable bonds is 9. The van der Waals surface area contributed by atoms with Gasteiger partial charge >= 0.3 is 5.97 Å². The molecule has 2 aromatic carbocycles. The van der Waals surface area contributed by atoms with Gasteiger partial charge in [0, 0.05) is 1.37 Å². The lowest BCUT2D eigenvalue weighted by Gasteiger charge is -2.13. The van der Waals surface area contributed by atoms with Crippen LogP contribution < -0.4 is 4.74 Å². The van der Waals surface area contributed by atoms with Gasteiger partial charge in [0.05, 0.1) is 33.0 Å². The molecule has 7 heteroatoms. The monoisotopic (exact) mass is 353 g/mol. The Morgan fingerprint density at radius 2 is 2.08 bits per heavy atom. The summed E-state index contributed by atoms with van der Waals surface area (Å²) in [5, 5.41) is 10.3. The summed E-state index contributed by atoms with van der Waals surface area (Å²) in [4.78, 5) is 26.5. The van der Waals surface area contributed by atoms with E-state index in [9.17, 15) is 14.9 Å². The molecule has 0 N–H and O–H groups in total. The number of nitrogens with zero attached hydrogens (tertiary/aromatic N) is 1. The van der Waals surface area contributed by atoms with Crippen molar-refractivity contribution in [1.82, 2.24) is 0 Å². The molecular formula is C18H21NO6. The van der Waals surface area contributed by atoms with E-state index in [1.54, 1.807) is 24.3 Å². The average molecular weight is 353 g/mol. The zero-order valence-electron chi connectivity index (χ0n) is 19.5. The molecule has 2 aromatic rings.